The molecule has 4 heteroatoms. The number of amides is 1. The fourth-order valence-electron chi connectivity index (χ4n) is 2.19. The van der Waals surface area contributed by atoms with E-state index in [1.165, 1.54) is 0 Å². The van der Waals surface area contributed by atoms with Crippen molar-refractivity contribution in [3.05, 3.63) is 70.2 Å². The Morgan fingerprint density at radius 1 is 1.19 bits per heavy atom. The predicted octanol–water partition coefficient (Wildman–Crippen LogP) is 3.77. The first-order valence-electron chi connectivity index (χ1n) is 6.74. The van der Waals surface area contributed by atoms with Gasteiger partial charge in [-0.2, -0.15) is 0 Å². The minimum Gasteiger partial charge on any atom is -0.375 e. The third kappa shape index (κ3) is 3.84. The first-order valence-corrected chi connectivity index (χ1v) is 7.12. The monoisotopic (exact) mass is 303 g/mol. The zero-order valence-corrected chi connectivity index (χ0v) is 12.9. The van der Waals surface area contributed by atoms with Crippen molar-refractivity contribution in [2.45, 2.75) is 13.0 Å². The molecule has 0 heterocycles. The standard InChI is InChI=1S/C17H18ClNO2/c1-12-7-3-4-8-13(12)16(21-2)11-19-17(20)14-9-5-6-10-15(14)18/h3-10,16H,11H2,1-2H3,(H,19,20)/t16-/m0/s1. The lowest BCUT2D eigenvalue weighted by molar-refractivity contribution is 0.0826. The second kappa shape index (κ2) is 7.25. The molecule has 0 bridgehead atoms. The second-order valence-corrected chi connectivity index (χ2v) is 5.18. The van der Waals surface area contributed by atoms with Gasteiger partial charge >= 0.3 is 0 Å². The molecule has 0 spiro atoms. The summed E-state index contributed by atoms with van der Waals surface area (Å²) in [6, 6.07) is 15.0. The lowest BCUT2D eigenvalue weighted by atomic mass is 10.0. The van der Waals surface area contributed by atoms with E-state index < -0.39 is 0 Å². The molecule has 0 aliphatic heterocycles. The molecule has 0 saturated heterocycles. The van der Waals surface area contributed by atoms with E-state index in [4.69, 9.17) is 16.3 Å². The fraction of sp³-hybridized carbons (Fsp3) is 0.235. The molecule has 21 heavy (non-hydrogen) atoms. The van der Waals surface area contributed by atoms with E-state index in [1.807, 2.05) is 31.2 Å². The van der Waals surface area contributed by atoms with E-state index in [0.29, 0.717) is 17.1 Å². The van der Waals surface area contributed by atoms with Crippen LogP contribution < -0.4 is 5.32 Å². The number of carbonyl (C=O) groups is 1. The SMILES string of the molecule is CO[C@@H](CNC(=O)c1ccccc1Cl)c1ccccc1C. The summed E-state index contributed by atoms with van der Waals surface area (Å²) < 4.78 is 5.49. The third-order valence-corrected chi connectivity index (χ3v) is 3.72. The van der Waals surface area contributed by atoms with Crippen LogP contribution >= 0.6 is 11.6 Å². The van der Waals surface area contributed by atoms with E-state index >= 15 is 0 Å². The zero-order chi connectivity index (χ0) is 15.2. The molecule has 0 radical (unpaired) electrons. The average Bonchev–Trinajstić information content (AvgIpc) is 2.49. The minimum absolute atomic E-state index is 0.183. The van der Waals surface area contributed by atoms with E-state index in [-0.39, 0.29) is 12.0 Å². The van der Waals surface area contributed by atoms with E-state index in [9.17, 15) is 4.79 Å². The van der Waals surface area contributed by atoms with Crippen LogP contribution in [-0.2, 0) is 4.74 Å². The lowest BCUT2D eigenvalue weighted by Crippen LogP contribution is -2.29. The molecule has 0 saturated carbocycles. The van der Waals surface area contributed by atoms with Gasteiger partial charge in [0.15, 0.2) is 0 Å². The van der Waals surface area contributed by atoms with Crippen molar-refractivity contribution >= 4 is 17.5 Å². The first kappa shape index (κ1) is 15.5. The highest BCUT2D eigenvalue weighted by atomic mass is 35.5. The lowest BCUT2D eigenvalue weighted by Gasteiger charge is -2.18. The van der Waals surface area contributed by atoms with Gasteiger partial charge in [-0.1, -0.05) is 48.0 Å². The number of hydrogen-bond acceptors (Lipinski definition) is 2. The normalized spacial score (nSPS) is 12.0. The van der Waals surface area contributed by atoms with Gasteiger partial charge in [0, 0.05) is 13.7 Å². The van der Waals surface area contributed by atoms with Crippen molar-refractivity contribution in [2.24, 2.45) is 0 Å². The summed E-state index contributed by atoms with van der Waals surface area (Å²) in [5, 5.41) is 3.31. The highest BCUT2D eigenvalue weighted by Gasteiger charge is 2.15. The van der Waals surface area contributed by atoms with Gasteiger partial charge in [-0.05, 0) is 30.2 Å². The fourth-order valence-corrected chi connectivity index (χ4v) is 2.42. The maximum absolute atomic E-state index is 12.2. The van der Waals surface area contributed by atoms with Crippen LogP contribution in [0.5, 0.6) is 0 Å². The number of ether oxygens (including phenoxy) is 1. The number of nitrogens with one attached hydrogen (secondary N) is 1. The zero-order valence-electron chi connectivity index (χ0n) is 12.1. The number of benzene rings is 2. The second-order valence-electron chi connectivity index (χ2n) is 4.77. The van der Waals surface area contributed by atoms with Gasteiger partial charge in [-0.15, -0.1) is 0 Å². The maximum Gasteiger partial charge on any atom is 0.252 e. The molecular formula is C17H18ClNO2. The Kier molecular flexibility index (Phi) is 5.37. The van der Waals surface area contributed by atoms with Gasteiger partial charge in [0.2, 0.25) is 0 Å². The summed E-state index contributed by atoms with van der Waals surface area (Å²) >= 11 is 6.02. The molecule has 1 N–H and O–H groups in total. The Morgan fingerprint density at radius 3 is 2.52 bits per heavy atom. The number of hydrogen-bond donors (Lipinski definition) is 1. The van der Waals surface area contributed by atoms with Crippen LogP contribution in [0, 0.1) is 6.92 Å². The molecule has 2 aromatic rings. The van der Waals surface area contributed by atoms with Gasteiger partial charge < -0.3 is 10.1 Å². The molecule has 110 valence electrons. The first-order chi connectivity index (χ1) is 10.1. The Hall–Kier alpha value is -1.84. The molecule has 0 aromatic heterocycles. The number of rotatable bonds is 5. The van der Waals surface area contributed by atoms with Gasteiger partial charge in [-0.25, -0.2) is 0 Å². The van der Waals surface area contributed by atoms with E-state index in [2.05, 4.69) is 5.32 Å². The maximum atomic E-state index is 12.2. The van der Waals surface area contributed by atoms with Gasteiger partial charge in [0.25, 0.3) is 5.91 Å². The number of methoxy groups -OCH3 is 1. The summed E-state index contributed by atoms with van der Waals surface area (Å²) in [4.78, 5) is 12.2. The Bertz CT molecular complexity index is 628. The van der Waals surface area contributed by atoms with E-state index in [0.717, 1.165) is 11.1 Å². The van der Waals surface area contributed by atoms with Crippen LogP contribution in [0.4, 0.5) is 0 Å². The quantitative estimate of drug-likeness (QED) is 0.913. The predicted molar refractivity (Wildman–Crippen MR) is 84.7 cm³/mol. The number of aryl methyl sites for hydroxylation is 1. The van der Waals surface area contributed by atoms with Crippen molar-refractivity contribution in [2.75, 3.05) is 13.7 Å². The summed E-state index contributed by atoms with van der Waals surface area (Å²) in [5.41, 5.74) is 2.68. The van der Waals surface area contributed by atoms with Crippen molar-refractivity contribution in [3.63, 3.8) is 0 Å². The van der Waals surface area contributed by atoms with Crippen LogP contribution in [0.1, 0.15) is 27.6 Å². The molecule has 2 rings (SSSR count). The van der Waals surface area contributed by atoms with Crippen molar-refractivity contribution in [1.29, 1.82) is 0 Å². The van der Waals surface area contributed by atoms with Crippen molar-refractivity contribution in [1.82, 2.24) is 5.32 Å². The summed E-state index contributed by atoms with van der Waals surface area (Å²) in [6.45, 7) is 2.42. The van der Waals surface area contributed by atoms with Gasteiger partial charge in [0.05, 0.1) is 16.7 Å². The Morgan fingerprint density at radius 2 is 1.86 bits per heavy atom. The van der Waals surface area contributed by atoms with Crippen molar-refractivity contribution < 1.29 is 9.53 Å². The van der Waals surface area contributed by atoms with E-state index in [1.54, 1.807) is 31.4 Å². The molecule has 2 aromatic carbocycles. The Balaban J connectivity index is 2.06. The van der Waals surface area contributed by atoms with Gasteiger partial charge in [-0.3, -0.25) is 4.79 Å². The minimum atomic E-state index is -0.198. The molecule has 0 fully saturated rings. The van der Waals surface area contributed by atoms with Crippen molar-refractivity contribution in [3.8, 4) is 0 Å². The van der Waals surface area contributed by atoms with Crippen LogP contribution in [0.25, 0.3) is 0 Å². The van der Waals surface area contributed by atoms with Crippen LogP contribution in [-0.4, -0.2) is 19.6 Å². The molecule has 1 amide bonds. The number of halogens is 1. The Labute approximate surface area is 129 Å². The molecule has 1 atom stereocenters. The van der Waals surface area contributed by atoms with Crippen LogP contribution in [0.2, 0.25) is 5.02 Å². The molecular weight excluding hydrogens is 286 g/mol. The smallest absolute Gasteiger partial charge is 0.252 e. The summed E-state index contributed by atoms with van der Waals surface area (Å²) in [7, 11) is 1.64. The molecule has 0 aliphatic rings. The van der Waals surface area contributed by atoms with Crippen LogP contribution in [0.3, 0.4) is 0 Å². The summed E-state index contributed by atoms with van der Waals surface area (Å²) in [6.07, 6.45) is -0.183. The summed E-state index contributed by atoms with van der Waals surface area (Å²) in [5.74, 6) is -0.198. The van der Waals surface area contributed by atoms with Crippen LogP contribution in [0.15, 0.2) is 48.5 Å². The average molecular weight is 304 g/mol. The van der Waals surface area contributed by atoms with Gasteiger partial charge in [0.1, 0.15) is 0 Å². The molecule has 0 unspecified atom stereocenters. The topological polar surface area (TPSA) is 38.3 Å². The highest BCUT2D eigenvalue weighted by molar-refractivity contribution is 6.33. The largest absolute Gasteiger partial charge is 0.375 e. The molecule has 3 nitrogen and oxygen atoms in total. The molecule has 0 aliphatic carbocycles. The third-order valence-electron chi connectivity index (χ3n) is 3.39. The number of carbonyl (C=O) groups excluding carboxylic acids is 1. The highest BCUT2D eigenvalue weighted by Crippen LogP contribution is 2.20.